The lowest BCUT2D eigenvalue weighted by molar-refractivity contribution is -0.128. The molecule has 10 heteroatoms. The molecule has 0 saturated heterocycles. The number of aryl methyl sites for hydroxylation is 1. The Bertz CT molecular complexity index is 675. The molecule has 1 aromatic carbocycles. The summed E-state index contributed by atoms with van der Waals surface area (Å²) in [7, 11) is 3.20. The number of nitrogens with one attached hydrogen (secondary N) is 3. The number of benzene rings is 1. The van der Waals surface area contributed by atoms with Crippen molar-refractivity contribution in [2.45, 2.75) is 19.5 Å². The molecule has 1 aromatic rings. The van der Waals surface area contributed by atoms with Crippen LogP contribution in [-0.2, 0) is 4.79 Å². The number of hydrogen-bond acceptors (Lipinski definition) is 3. The summed E-state index contributed by atoms with van der Waals surface area (Å²) in [5.74, 6) is -1.05. The average molecular weight is 374 g/mol. The third-order valence-electron chi connectivity index (χ3n) is 3.32. The van der Waals surface area contributed by atoms with Crippen LogP contribution in [0, 0.1) is 6.92 Å². The highest BCUT2D eigenvalue weighted by atomic mass is 19.4. The topological polar surface area (TPSA) is 90.5 Å². The summed E-state index contributed by atoms with van der Waals surface area (Å²) in [4.78, 5) is 36.4. The number of urea groups is 1. The molecule has 0 aliphatic carbocycles. The molecule has 144 valence electrons. The molecule has 1 rings (SSSR count). The van der Waals surface area contributed by atoms with Crippen LogP contribution in [0.5, 0.6) is 0 Å². The second-order valence-electron chi connectivity index (χ2n) is 5.75. The average Bonchev–Trinajstić information content (AvgIpc) is 2.53. The summed E-state index contributed by atoms with van der Waals surface area (Å²) in [6, 6.07) is 3.56. The Balaban J connectivity index is 2.65. The van der Waals surface area contributed by atoms with E-state index in [1.165, 1.54) is 23.1 Å². The molecule has 0 unspecified atom stereocenters. The fourth-order valence-corrected chi connectivity index (χ4v) is 1.85. The first kappa shape index (κ1) is 21.3. The van der Waals surface area contributed by atoms with Gasteiger partial charge in [0.25, 0.3) is 5.91 Å². The van der Waals surface area contributed by atoms with E-state index in [1.807, 2.05) is 0 Å². The zero-order valence-electron chi connectivity index (χ0n) is 14.7. The van der Waals surface area contributed by atoms with E-state index >= 15 is 0 Å². The third kappa shape index (κ3) is 7.41. The molecule has 0 spiro atoms. The summed E-state index contributed by atoms with van der Waals surface area (Å²) >= 11 is 0. The van der Waals surface area contributed by atoms with E-state index in [2.05, 4.69) is 10.6 Å². The summed E-state index contributed by atoms with van der Waals surface area (Å²) in [5, 5.41) is 6.76. The number of alkyl halides is 3. The Hall–Kier alpha value is -2.78. The van der Waals surface area contributed by atoms with E-state index in [4.69, 9.17) is 0 Å². The van der Waals surface area contributed by atoms with Gasteiger partial charge in [0.15, 0.2) is 0 Å². The molecule has 0 radical (unpaired) electrons. The summed E-state index contributed by atoms with van der Waals surface area (Å²) in [6.45, 7) is 0.346. The normalized spacial score (nSPS) is 10.8. The van der Waals surface area contributed by atoms with Gasteiger partial charge in [0, 0.05) is 38.3 Å². The lowest BCUT2D eigenvalue weighted by atomic mass is 10.1. The molecule has 0 bridgehead atoms. The molecule has 0 aromatic heterocycles. The van der Waals surface area contributed by atoms with Crippen molar-refractivity contribution in [3.8, 4) is 0 Å². The Labute approximate surface area is 148 Å². The molecule has 0 saturated carbocycles. The van der Waals surface area contributed by atoms with Gasteiger partial charge in [0.1, 0.15) is 6.54 Å². The predicted octanol–water partition coefficient (Wildman–Crippen LogP) is 1.89. The quantitative estimate of drug-likeness (QED) is 0.710. The van der Waals surface area contributed by atoms with Crippen LogP contribution in [0.1, 0.15) is 22.3 Å². The first-order valence-electron chi connectivity index (χ1n) is 7.70. The molecule has 7 nitrogen and oxygen atoms in total. The van der Waals surface area contributed by atoms with Gasteiger partial charge in [-0.25, -0.2) is 4.79 Å². The van der Waals surface area contributed by atoms with Crippen molar-refractivity contribution >= 4 is 23.5 Å². The fraction of sp³-hybridized carbons (Fsp3) is 0.438. The summed E-state index contributed by atoms with van der Waals surface area (Å²) in [5.41, 5.74) is 0.885. The Morgan fingerprint density at radius 1 is 1.12 bits per heavy atom. The van der Waals surface area contributed by atoms with E-state index in [1.54, 1.807) is 26.3 Å². The minimum Gasteiger partial charge on any atom is -0.349 e. The first-order valence-corrected chi connectivity index (χ1v) is 7.70. The highest BCUT2D eigenvalue weighted by Crippen LogP contribution is 2.18. The van der Waals surface area contributed by atoms with Crippen molar-refractivity contribution in [3.63, 3.8) is 0 Å². The Morgan fingerprint density at radius 2 is 1.77 bits per heavy atom. The number of anilines is 1. The highest BCUT2D eigenvalue weighted by molar-refractivity contribution is 5.97. The van der Waals surface area contributed by atoms with Crippen molar-refractivity contribution in [1.82, 2.24) is 15.5 Å². The first-order chi connectivity index (χ1) is 12.0. The van der Waals surface area contributed by atoms with Crippen molar-refractivity contribution in [1.29, 1.82) is 0 Å². The van der Waals surface area contributed by atoms with Crippen LogP contribution in [-0.4, -0.2) is 56.1 Å². The zero-order valence-corrected chi connectivity index (χ0v) is 14.7. The van der Waals surface area contributed by atoms with Crippen molar-refractivity contribution in [3.05, 3.63) is 29.3 Å². The molecule has 0 aliphatic heterocycles. The van der Waals surface area contributed by atoms with Crippen LogP contribution in [0.25, 0.3) is 0 Å². The van der Waals surface area contributed by atoms with Crippen LogP contribution in [0.15, 0.2) is 18.2 Å². The van der Waals surface area contributed by atoms with E-state index in [0.717, 1.165) is 0 Å². The van der Waals surface area contributed by atoms with Gasteiger partial charge in [0.05, 0.1) is 0 Å². The van der Waals surface area contributed by atoms with Gasteiger partial charge in [-0.2, -0.15) is 13.2 Å². The van der Waals surface area contributed by atoms with Gasteiger partial charge in [-0.15, -0.1) is 0 Å². The molecule has 26 heavy (non-hydrogen) atoms. The van der Waals surface area contributed by atoms with Crippen molar-refractivity contribution in [2.24, 2.45) is 0 Å². The molecule has 0 aliphatic rings. The van der Waals surface area contributed by atoms with E-state index < -0.39 is 24.7 Å². The fourth-order valence-electron chi connectivity index (χ4n) is 1.85. The lowest BCUT2D eigenvalue weighted by Gasteiger charge is -2.13. The molecule has 0 heterocycles. The van der Waals surface area contributed by atoms with Gasteiger partial charge in [0.2, 0.25) is 5.91 Å². The standard InChI is InChI=1S/C16H21F3N4O3/c1-10-4-5-11(14(25)21-9-16(17,18)19)8-12(10)22-15(26)20-7-6-13(24)23(2)3/h4-5,8H,6-7,9H2,1-3H3,(H,21,25)(H2,20,22,26). The molecular formula is C16H21F3N4O3. The number of amides is 4. The maximum absolute atomic E-state index is 12.2. The monoisotopic (exact) mass is 374 g/mol. The zero-order chi connectivity index (χ0) is 19.9. The minimum atomic E-state index is -4.51. The molecular weight excluding hydrogens is 353 g/mol. The van der Waals surface area contributed by atoms with Crippen LogP contribution < -0.4 is 16.0 Å². The largest absolute Gasteiger partial charge is 0.405 e. The number of carbonyl (C=O) groups excluding carboxylic acids is 3. The number of hydrogen-bond donors (Lipinski definition) is 3. The summed E-state index contributed by atoms with van der Waals surface area (Å²) < 4.78 is 36.5. The number of carbonyl (C=O) groups is 3. The van der Waals surface area contributed by atoms with E-state index in [-0.39, 0.29) is 30.1 Å². The van der Waals surface area contributed by atoms with Gasteiger partial charge in [-0.3, -0.25) is 9.59 Å². The number of nitrogens with zero attached hydrogens (tertiary/aromatic N) is 1. The minimum absolute atomic E-state index is 0.0158. The third-order valence-corrected chi connectivity index (χ3v) is 3.32. The molecule has 3 N–H and O–H groups in total. The van der Waals surface area contributed by atoms with Gasteiger partial charge in [-0.05, 0) is 24.6 Å². The van der Waals surface area contributed by atoms with Crippen LogP contribution in [0.4, 0.5) is 23.7 Å². The van der Waals surface area contributed by atoms with E-state index in [0.29, 0.717) is 5.56 Å². The van der Waals surface area contributed by atoms with Crippen LogP contribution >= 0.6 is 0 Å². The molecule has 0 fully saturated rings. The number of rotatable bonds is 6. The predicted molar refractivity (Wildman–Crippen MR) is 89.9 cm³/mol. The molecule has 4 amide bonds. The van der Waals surface area contributed by atoms with Crippen molar-refractivity contribution < 1.29 is 27.6 Å². The van der Waals surface area contributed by atoms with E-state index in [9.17, 15) is 27.6 Å². The Kier molecular flexibility index (Phi) is 7.41. The lowest BCUT2D eigenvalue weighted by Crippen LogP contribution is -2.34. The van der Waals surface area contributed by atoms with Gasteiger partial charge in [-0.1, -0.05) is 6.07 Å². The maximum Gasteiger partial charge on any atom is 0.405 e. The summed E-state index contributed by atoms with van der Waals surface area (Å²) in [6.07, 6.45) is -4.38. The molecule has 0 atom stereocenters. The second-order valence-corrected chi connectivity index (χ2v) is 5.75. The Morgan fingerprint density at radius 3 is 2.35 bits per heavy atom. The van der Waals surface area contributed by atoms with Crippen LogP contribution in [0.2, 0.25) is 0 Å². The SMILES string of the molecule is Cc1ccc(C(=O)NCC(F)(F)F)cc1NC(=O)NCCC(=O)N(C)C. The smallest absolute Gasteiger partial charge is 0.349 e. The highest BCUT2D eigenvalue weighted by Gasteiger charge is 2.28. The maximum atomic E-state index is 12.2. The second kappa shape index (κ2) is 9.07. The van der Waals surface area contributed by atoms with Gasteiger partial charge >= 0.3 is 12.2 Å². The number of halogens is 3. The van der Waals surface area contributed by atoms with Crippen LogP contribution in [0.3, 0.4) is 0 Å². The van der Waals surface area contributed by atoms with Crippen molar-refractivity contribution in [2.75, 3.05) is 32.5 Å². The van der Waals surface area contributed by atoms with Gasteiger partial charge < -0.3 is 20.9 Å².